The first-order chi connectivity index (χ1) is 17.0. The number of aromatic amines is 1. The zero-order valence-corrected chi connectivity index (χ0v) is 20.0. The van der Waals surface area contributed by atoms with Crippen molar-refractivity contribution in [1.82, 2.24) is 14.8 Å². The highest BCUT2D eigenvalue weighted by Gasteiger charge is 2.28. The number of likely N-dealkylation sites (tertiary alicyclic amines) is 1. The summed E-state index contributed by atoms with van der Waals surface area (Å²) in [5.74, 6) is 1.98. The molecule has 0 saturated carbocycles. The fourth-order valence-electron chi connectivity index (χ4n) is 4.83. The molecule has 184 valence electrons. The fourth-order valence-corrected chi connectivity index (χ4v) is 4.83. The average Bonchev–Trinajstić information content (AvgIpc) is 3.51. The third-order valence-electron chi connectivity index (χ3n) is 6.74. The Labute approximate surface area is 203 Å². The number of benzene rings is 2. The van der Waals surface area contributed by atoms with Crippen LogP contribution in [0.5, 0.6) is 17.2 Å². The molecule has 3 aromatic rings. The Balaban J connectivity index is 1.42. The number of pyridine rings is 1. The molecule has 35 heavy (non-hydrogen) atoms. The molecule has 9 nitrogen and oxygen atoms in total. The van der Waals surface area contributed by atoms with Gasteiger partial charge in [-0.25, -0.2) is 4.79 Å². The molecule has 1 atom stereocenters. The molecule has 5 rings (SSSR count). The van der Waals surface area contributed by atoms with E-state index in [-0.39, 0.29) is 31.0 Å². The number of hydrogen-bond donors (Lipinski definition) is 2. The molecule has 0 aliphatic carbocycles. The maximum absolute atomic E-state index is 13.4. The van der Waals surface area contributed by atoms with Gasteiger partial charge < -0.3 is 29.4 Å². The van der Waals surface area contributed by atoms with Gasteiger partial charge >= 0.3 is 6.03 Å². The topological polar surface area (TPSA) is 96.1 Å². The fraction of sp³-hybridized carbons (Fsp3) is 0.385. The van der Waals surface area contributed by atoms with Crippen molar-refractivity contribution in [1.29, 1.82) is 0 Å². The zero-order valence-electron chi connectivity index (χ0n) is 20.0. The van der Waals surface area contributed by atoms with Crippen LogP contribution in [0.2, 0.25) is 0 Å². The van der Waals surface area contributed by atoms with Crippen molar-refractivity contribution in [3.05, 3.63) is 58.4 Å². The molecule has 3 heterocycles. The lowest BCUT2D eigenvalue weighted by Gasteiger charge is -2.30. The van der Waals surface area contributed by atoms with Crippen molar-refractivity contribution in [2.45, 2.75) is 32.4 Å². The molecule has 0 spiro atoms. The van der Waals surface area contributed by atoms with Crippen molar-refractivity contribution >= 4 is 22.6 Å². The summed E-state index contributed by atoms with van der Waals surface area (Å²) in [5.41, 5.74) is 1.63. The molecular formula is C26H30N4O5. The molecule has 2 amide bonds. The monoisotopic (exact) mass is 478 g/mol. The van der Waals surface area contributed by atoms with E-state index in [0.29, 0.717) is 40.6 Å². The number of ether oxygens (including phenoxy) is 3. The van der Waals surface area contributed by atoms with Gasteiger partial charge in [-0.2, -0.15) is 0 Å². The minimum atomic E-state index is -0.247. The van der Waals surface area contributed by atoms with E-state index in [0.717, 1.165) is 31.3 Å². The molecule has 0 radical (unpaired) electrons. The van der Waals surface area contributed by atoms with Crippen molar-refractivity contribution in [2.24, 2.45) is 0 Å². The van der Waals surface area contributed by atoms with Crippen LogP contribution in [0.15, 0.2) is 47.3 Å². The van der Waals surface area contributed by atoms with Gasteiger partial charge in [0.25, 0.3) is 5.56 Å². The Morgan fingerprint density at radius 2 is 1.97 bits per heavy atom. The van der Waals surface area contributed by atoms with Gasteiger partial charge in [0, 0.05) is 35.3 Å². The minimum Gasteiger partial charge on any atom is -0.497 e. The second-order valence-corrected chi connectivity index (χ2v) is 8.88. The Morgan fingerprint density at radius 3 is 2.71 bits per heavy atom. The number of urea groups is 1. The van der Waals surface area contributed by atoms with Crippen LogP contribution in [0.3, 0.4) is 0 Å². The van der Waals surface area contributed by atoms with Crippen LogP contribution in [0, 0.1) is 0 Å². The number of carbonyl (C=O) groups excluding carboxylic acids is 1. The van der Waals surface area contributed by atoms with Gasteiger partial charge in [-0.3, -0.25) is 9.69 Å². The molecule has 1 aromatic heterocycles. The Bertz CT molecular complexity index is 1270. The number of fused-ring (bicyclic) bond motifs is 2. The molecule has 2 aliphatic rings. The summed E-state index contributed by atoms with van der Waals surface area (Å²) in [5, 5.41) is 3.80. The number of methoxy groups -OCH3 is 1. The van der Waals surface area contributed by atoms with E-state index in [4.69, 9.17) is 14.2 Å². The molecule has 9 heteroatoms. The maximum atomic E-state index is 13.4. The predicted molar refractivity (Wildman–Crippen MR) is 133 cm³/mol. The van der Waals surface area contributed by atoms with Gasteiger partial charge in [-0.1, -0.05) is 6.92 Å². The number of anilines is 1. The van der Waals surface area contributed by atoms with Gasteiger partial charge in [-0.15, -0.1) is 0 Å². The maximum Gasteiger partial charge on any atom is 0.322 e. The summed E-state index contributed by atoms with van der Waals surface area (Å²) in [6, 6.07) is 12.7. The van der Waals surface area contributed by atoms with Gasteiger partial charge in [0.1, 0.15) is 5.75 Å². The van der Waals surface area contributed by atoms with E-state index in [9.17, 15) is 9.59 Å². The van der Waals surface area contributed by atoms with Crippen molar-refractivity contribution in [3.8, 4) is 17.2 Å². The summed E-state index contributed by atoms with van der Waals surface area (Å²) in [7, 11) is 1.60. The Morgan fingerprint density at radius 1 is 1.20 bits per heavy atom. The third-order valence-corrected chi connectivity index (χ3v) is 6.74. The van der Waals surface area contributed by atoms with E-state index in [1.165, 1.54) is 0 Å². The number of hydrogen-bond acceptors (Lipinski definition) is 6. The number of aromatic nitrogens is 1. The highest BCUT2D eigenvalue weighted by Crippen LogP contribution is 2.35. The normalized spacial score (nSPS) is 17.0. The SMILES string of the molecule is CCN1CCC[C@@H]1CN(Cc1cc2cc3c(cc2[nH]c1=O)OCO3)C(=O)Nc1ccc(OC)cc1. The van der Waals surface area contributed by atoms with Gasteiger partial charge in [0.2, 0.25) is 6.79 Å². The number of likely N-dealkylation sites (N-methyl/N-ethyl adjacent to an activating group) is 1. The van der Waals surface area contributed by atoms with Crippen LogP contribution in [0.1, 0.15) is 25.3 Å². The first kappa shape index (κ1) is 23.0. The van der Waals surface area contributed by atoms with Gasteiger partial charge in [0.05, 0.1) is 19.2 Å². The number of rotatable bonds is 7. The number of amides is 2. The van der Waals surface area contributed by atoms with Crippen LogP contribution in [-0.2, 0) is 6.54 Å². The van der Waals surface area contributed by atoms with E-state index in [1.54, 1.807) is 42.3 Å². The van der Waals surface area contributed by atoms with Crippen molar-refractivity contribution < 1.29 is 19.0 Å². The number of carbonyl (C=O) groups is 1. The molecule has 2 aromatic carbocycles. The minimum absolute atomic E-state index is 0.164. The number of nitrogens with one attached hydrogen (secondary N) is 2. The van der Waals surface area contributed by atoms with E-state index < -0.39 is 0 Å². The molecule has 1 fully saturated rings. The van der Waals surface area contributed by atoms with E-state index in [1.807, 2.05) is 12.1 Å². The highest BCUT2D eigenvalue weighted by atomic mass is 16.7. The Kier molecular flexibility index (Phi) is 6.50. The van der Waals surface area contributed by atoms with Crippen LogP contribution in [-0.4, -0.2) is 60.4 Å². The number of H-pyrrole nitrogens is 1. The Hall–Kier alpha value is -3.72. The summed E-state index contributed by atoms with van der Waals surface area (Å²) in [6.07, 6.45) is 2.13. The zero-order chi connectivity index (χ0) is 24.4. The first-order valence-corrected chi connectivity index (χ1v) is 11.9. The second-order valence-electron chi connectivity index (χ2n) is 8.88. The quantitative estimate of drug-likeness (QED) is 0.537. The highest BCUT2D eigenvalue weighted by molar-refractivity contribution is 5.89. The smallest absolute Gasteiger partial charge is 0.322 e. The van der Waals surface area contributed by atoms with E-state index >= 15 is 0 Å². The van der Waals surface area contributed by atoms with Gasteiger partial charge in [-0.05, 0) is 62.3 Å². The molecule has 1 saturated heterocycles. The largest absolute Gasteiger partial charge is 0.497 e. The lowest BCUT2D eigenvalue weighted by atomic mass is 10.1. The lowest BCUT2D eigenvalue weighted by Crippen LogP contribution is -2.45. The van der Waals surface area contributed by atoms with Crippen molar-refractivity contribution in [3.63, 3.8) is 0 Å². The van der Waals surface area contributed by atoms with Crippen LogP contribution in [0.4, 0.5) is 10.5 Å². The second kappa shape index (κ2) is 9.87. The average molecular weight is 479 g/mol. The van der Waals surface area contributed by atoms with Gasteiger partial charge in [0.15, 0.2) is 11.5 Å². The lowest BCUT2D eigenvalue weighted by molar-refractivity contribution is 0.174. The summed E-state index contributed by atoms with van der Waals surface area (Å²) >= 11 is 0. The summed E-state index contributed by atoms with van der Waals surface area (Å²) < 4.78 is 16.1. The molecule has 2 aliphatic heterocycles. The molecule has 2 N–H and O–H groups in total. The van der Waals surface area contributed by atoms with Crippen LogP contribution in [0.25, 0.3) is 10.9 Å². The van der Waals surface area contributed by atoms with Crippen LogP contribution < -0.4 is 25.1 Å². The molecule has 0 unspecified atom stereocenters. The van der Waals surface area contributed by atoms with Crippen LogP contribution >= 0.6 is 0 Å². The van der Waals surface area contributed by atoms with E-state index in [2.05, 4.69) is 22.1 Å². The number of nitrogens with zero attached hydrogens (tertiary/aromatic N) is 2. The van der Waals surface area contributed by atoms with Crippen molar-refractivity contribution in [2.75, 3.05) is 38.9 Å². The summed E-state index contributed by atoms with van der Waals surface area (Å²) in [4.78, 5) is 33.4. The standard InChI is InChI=1S/C26H30N4O5/c1-3-29-10-4-5-20(29)15-30(26(32)27-19-6-8-21(33-2)9-7-19)14-18-11-17-12-23-24(35-16-34-23)13-22(17)28-25(18)31/h6-9,11-13,20H,3-5,10,14-16H2,1-2H3,(H,27,32)(H,28,31)/t20-/m1/s1. The first-order valence-electron chi connectivity index (χ1n) is 11.9. The summed E-state index contributed by atoms with van der Waals surface area (Å²) in [6.45, 7) is 4.99. The predicted octanol–water partition coefficient (Wildman–Crippen LogP) is 3.78. The molecule has 0 bridgehead atoms. The molecular weight excluding hydrogens is 448 g/mol. The third kappa shape index (κ3) is 4.90.